The molecule has 0 unspecified atom stereocenters. The highest BCUT2D eigenvalue weighted by Crippen LogP contribution is 2.28. The molecule has 0 aromatic heterocycles. The van der Waals surface area contributed by atoms with Gasteiger partial charge in [-0.1, -0.05) is 17.7 Å². The molecule has 1 fully saturated rings. The third-order valence-electron chi connectivity index (χ3n) is 5.27. The Morgan fingerprint density at radius 2 is 1.81 bits per heavy atom. The van der Waals surface area contributed by atoms with Gasteiger partial charge in [-0.2, -0.15) is 4.31 Å². The quantitative estimate of drug-likeness (QED) is 0.644. The fraction of sp³-hybridized carbons (Fsp3) is 0.409. The largest absolute Gasteiger partial charge is 0.493 e. The molecule has 0 bridgehead atoms. The first kappa shape index (κ1) is 23.4. The predicted molar refractivity (Wildman–Crippen MR) is 119 cm³/mol. The van der Waals surface area contributed by atoms with E-state index in [2.05, 4.69) is 5.32 Å². The zero-order valence-corrected chi connectivity index (χ0v) is 19.2. The SMILES string of the molecule is CCOc1ccc(CNC(=O)C2CCN(S(=O)(=O)c3ccc(Cl)cc3)CC2)cc1OC. The van der Waals surface area contributed by atoms with Gasteiger partial charge in [-0.3, -0.25) is 4.79 Å². The van der Waals surface area contributed by atoms with Gasteiger partial charge in [0, 0.05) is 30.6 Å². The second-order valence-electron chi connectivity index (χ2n) is 7.27. The lowest BCUT2D eigenvalue weighted by Crippen LogP contribution is -2.42. The maximum atomic E-state index is 12.8. The molecule has 3 rings (SSSR count). The maximum absolute atomic E-state index is 12.8. The van der Waals surface area contributed by atoms with E-state index in [1.54, 1.807) is 19.2 Å². The highest BCUT2D eigenvalue weighted by atomic mass is 35.5. The monoisotopic (exact) mass is 466 g/mol. The van der Waals surface area contributed by atoms with Crippen LogP contribution in [-0.2, 0) is 21.4 Å². The van der Waals surface area contributed by atoms with Crippen LogP contribution in [0.2, 0.25) is 5.02 Å². The fourth-order valence-corrected chi connectivity index (χ4v) is 5.14. The second kappa shape index (κ2) is 10.3. The van der Waals surface area contributed by atoms with Crippen LogP contribution in [0, 0.1) is 5.92 Å². The van der Waals surface area contributed by atoms with Gasteiger partial charge in [0.25, 0.3) is 0 Å². The van der Waals surface area contributed by atoms with E-state index in [1.807, 2.05) is 25.1 Å². The van der Waals surface area contributed by atoms with Gasteiger partial charge in [-0.25, -0.2) is 8.42 Å². The third-order valence-corrected chi connectivity index (χ3v) is 7.44. The number of nitrogens with zero attached hydrogens (tertiary/aromatic N) is 1. The molecule has 2 aromatic rings. The number of hydrogen-bond acceptors (Lipinski definition) is 5. The van der Waals surface area contributed by atoms with Gasteiger partial charge in [-0.05, 0) is 61.7 Å². The Hall–Kier alpha value is -2.29. The summed E-state index contributed by atoms with van der Waals surface area (Å²) in [6.07, 6.45) is 0.955. The van der Waals surface area contributed by atoms with Gasteiger partial charge in [0.15, 0.2) is 11.5 Å². The molecule has 0 spiro atoms. The summed E-state index contributed by atoms with van der Waals surface area (Å²) in [7, 11) is -2.01. The van der Waals surface area contributed by atoms with Gasteiger partial charge in [0.05, 0.1) is 18.6 Å². The summed E-state index contributed by atoms with van der Waals surface area (Å²) in [6, 6.07) is 11.7. The summed E-state index contributed by atoms with van der Waals surface area (Å²) in [5.41, 5.74) is 0.899. The number of nitrogens with one attached hydrogen (secondary N) is 1. The Morgan fingerprint density at radius 1 is 1.13 bits per heavy atom. The number of rotatable bonds is 8. The normalized spacial score (nSPS) is 15.5. The minimum Gasteiger partial charge on any atom is -0.493 e. The molecule has 0 saturated carbocycles. The van der Waals surface area contributed by atoms with Crippen molar-refractivity contribution in [1.82, 2.24) is 9.62 Å². The topological polar surface area (TPSA) is 84.9 Å². The molecule has 0 atom stereocenters. The number of sulfonamides is 1. The van der Waals surface area contributed by atoms with Crippen LogP contribution in [0.25, 0.3) is 0 Å². The smallest absolute Gasteiger partial charge is 0.243 e. The standard InChI is InChI=1S/C22H27ClN2O5S/c1-3-30-20-9-4-16(14-21(20)29-2)15-24-22(26)17-10-12-25(13-11-17)31(27,28)19-7-5-18(23)6-8-19/h4-9,14,17H,3,10-13,15H2,1-2H3,(H,24,26). The lowest BCUT2D eigenvalue weighted by molar-refractivity contribution is -0.126. The number of piperidine rings is 1. The summed E-state index contributed by atoms with van der Waals surface area (Å²) in [5.74, 6) is 0.987. The third kappa shape index (κ3) is 5.70. The highest BCUT2D eigenvalue weighted by Gasteiger charge is 2.32. The summed E-state index contributed by atoms with van der Waals surface area (Å²) in [6.45, 7) is 3.42. The van der Waals surface area contributed by atoms with Crippen LogP contribution in [0.1, 0.15) is 25.3 Å². The average molecular weight is 467 g/mol. The van der Waals surface area contributed by atoms with Gasteiger partial charge >= 0.3 is 0 Å². The Morgan fingerprint density at radius 3 is 2.42 bits per heavy atom. The van der Waals surface area contributed by atoms with E-state index in [1.165, 1.54) is 16.4 Å². The molecule has 0 radical (unpaired) electrons. The van der Waals surface area contributed by atoms with E-state index in [9.17, 15) is 13.2 Å². The van der Waals surface area contributed by atoms with Crippen molar-refractivity contribution in [3.63, 3.8) is 0 Å². The lowest BCUT2D eigenvalue weighted by Gasteiger charge is -2.30. The Balaban J connectivity index is 1.54. The minimum absolute atomic E-state index is 0.0728. The molecule has 1 saturated heterocycles. The molecule has 1 N–H and O–H groups in total. The number of hydrogen-bond donors (Lipinski definition) is 1. The molecular weight excluding hydrogens is 440 g/mol. The van der Waals surface area contributed by atoms with Crippen LogP contribution < -0.4 is 14.8 Å². The molecule has 1 aliphatic heterocycles. The van der Waals surface area contributed by atoms with Crippen molar-refractivity contribution >= 4 is 27.5 Å². The molecule has 7 nitrogen and oxygen atoms in total. The lowest BCUT2D eigenvalue weighted by atomic mass is 9.97. The number of ether oxygens (including phenoxy) is 2. The van der Waals surface area contributed by atoms with Crippen LogP contribution in [0.5, 0.6) is 11.5 Å². The number of benzene rings is 2. The molecule has 0 aliphatic carbocycles. The van der Waals surface area contributed by atoms with E-state index < -0.39 is 10.0 Å². The van der Waals surface area contributed by atoms with E-state index in [0.717, 1.165) is 5.56 Å². The molecule has 168 valence electrons. The average Bonchev–Trinajstić information content (AvgIpc) is 2.78. The van der Waals surface area contributed by atoms with Crippen molar-refractivity contribution in [3.05, 3.63) is 53.1 Å². The molecule has 1 amide bonds. The summed E-state index contributed by atoms with van der Waals surface area (Å²) >= 11 is 5.85. The van der Waals surface area contributed by atoms with Gasteiger partial charge in [-0.15, -0.1) is 0 Å². The van der Waals surface area contributed by atoms with Crippen molar-refractivity contribution < 1.29 is 22.7 Å². The van der Waals surface area contributed by atoms with Crippen LogP contribution >= 0.6 is 11.6 Å². The molecule has 1 aliphatic rings. The first-order valence-corrected chi connectivity index (χ1v) is 12.0. The zero-order valence-electron chi connectivity index (χ0n) is 17.6. The first-order chi connectivity index (χ1) is 14.8. The van der Waals surface area contributed by atoms with E-state index in [0.29, 0.717) is 55.6 Å². The number of amides is 1. The van der Waals surface area contributed by atoms with Gasteiger partial charge in [0.1, 0.15) is 0 Å². The predicted octanol–water partition coefficient (Wildman–Crippen LogP) is 3.46. The highest BCUT2D eigenvalue weighted by molar-refractivity contribution is 7.89. The molecule has 2 aromatic carbocycles. The molecule has 1 heterocycles. The summed E-state index contributed by atoms with van der Waals surface area (Å²) < 4.78 is 37.8. The van der Waals surface area contributed by atoms with Gasteiger partial charge in [0.2, 0.25) is 15.9 Å². The Bertz CT molecular complexity index is 1000. The summed E-state index contributed by atoms with van der Waals surface area (Å²) in [5, 5.41) is 3.43. The van der Waals surface area contributed by atoms with E-state index in [-0.39, 0.29) is 16.7 Å². The fourth-order valence-electron chi connectivity index (χ4n) is 3.54. The van der Waals surface area contributed by atoms with Gasteiger partial charge < -0.3 is 14.8 Å². The molecular formula is C22H27ClN2O5S. The number of carbonyl (C=O) groups is 1. The number of halogens is 1. The zero-order chi connectivity index (χ0) is 22.4. The van der Waals surface area contributed by atoms with Crippen molar-refractivity contribution in [2.45, 2.75) is 31.2 Å². The van der Waals surface area contributed by atoms with Crippen molar-refractivity contribution in [1.29, 1.82) is 0 Å². The first-order valence-electron chi connectivity index (χ1n) is 10.2. The number of carbonyl (C=O) groups excluding carboxylic acids is 1. The van der Waals surface area contributed by atoms with E-state index in [4.69, 9.17) is 21.1 Å². The van der Waals surface area contributed by atoms with E-state index >= 15 is 0 Å². The summed E-state index contributed by atoms with van der Waals surface area (Å²) in [4.78, 5) is 12.8. The second-order valence-corrected chi connectivity index (χ2v) is 9.64. The van der Waals surface area contributed by atoms with Crippen LogP contribution in [-0.4, -0.2) is 45.4 Å². The van der Waals surface area contributed by atoms with Crippen LogP contribution in [0.4, 0.5) is 0 Å². The van der Waals surface area contributed by atoms with Crippen LogP contribution in [0.15, 0.2) is 47.4 Å². The van der Waals surface area contributed by atoms with Crippen molar-refractivity contribution in [2.75, 3.05) is 26.8 Å². The van der Waals surface area contributed by atoms with Crippen LogP contribution in [0.3, 0.4) is 0 Å². The molecule has 31 heavy (non-hydrogen) atoms. The maximum Gasteiger partial charge on any atom is 0.243 e. The Kier molecular flexibility index (Phi) is 7.80. The van der Waals surface area contributed by atoms with Crippen molar-refractivity contribution in [3.8, 4) is 11.5 Å². The van der Waals surface area contributed by atoms with Crippen molar-refractivity contribution in [2.24, 2.45) is 5.92 Å². The number of methoxy groups -OCH3 is 1. The minimum atomic E-state index is -3.58. The Labute approximate surface area is 188 Å². The molecule has 9 heteroatoms.